The van der Waals surface area contributed by atoms with Crippen molar-refractivity contribution >= 4 is 10.0 Å². The average molecular weight is 377 g/mol. The highest BCUT2D eigenvalue weighted by Crippen LogP contribution is 2.30. The predicted molar refractivity (Wildman–Crippen MR) is 98.3 cm³/mol. The number of nitrogens with zero attached hydrogens (tertiary/aromatic N) is 1. The second kappa shape index (κ2) is 8.15. The molecule has 0 aromatic heterocycles. The fourth-order valence-corrected chi connectivity index (χ4v) is 4.23. The van der Waals surface area contributed by atoms with E-state index < -0.39 is 10.0 Å². The largest absolute Gasteiger partial charge is 0.457 e. The van der Waals surface area contributed by atoms with Gasteiger partial charge >= 0.3 is 0 Å². The molecule has 7 nitrogen and oxygen atoms in total. The highest BCUT2D eigenvalue weighted by atomic mass is 32.2. The Kier molecular flexibility index (Phi) is 5.90. The van der Waals surface area contributed by atoms with Crippen molar-refractivity contribution in [1.82, 2.24) is 4.31 Å². The smallest absolute Gasteiger partial charge is 0.243 e. The molecular weight excluding hydrogens is 354 g/mol. The van der Waals surface area contributed by atoms with Crippen LogP contribution >= 0.6 is 0 Å². The molecule has 140 valence electrons. The van der Waals surface area contributed by atoms with Gasteiger partial charge < -0.3 is 20.9 Å². The molecule has 0 atom stereocenters. The van der Waals surface area contributed by atoms with Crippen LogP contribution in [0.2, 0.25) is 0 Å². The molecule has 2 aromatic carbocycles. The normalized spacial score (nSPS) is 15.8. The second-order valence-corrected chi connectivity index (χ2v) is 7.84. The van der Waals surface area contributed by atoms with Crippen molar-refractivity contribution in [2.45, 2.75) is 18.0 Å². The van der Waals surface area contributed by atoms with Crippen LogP contribution in [-0.2, 0) is 27.8 Å². The molecule has 0 aliphatic carbocycles. The maximum absolute atomic E-state index is 12.7. The number of para-hydroxylation sites is 1. The predicted octanol–water partition coefficient (Wildman–Crippen LogP) is 1.42. The van der Waals surface area contributed by atoms with E-state index in [0.717, 1.165) is 11.1 Å². The number of nitrogens with two attached hydrogens (primary N) is 2. The molecule has 0 bridgehead atoms. The molecule has 1 saturated heterocycles. The Morgan fingerprint density at radius 3 is 2.08 bits per heavy atom. The minimum Gasteiger partial charge on any atom is -0.457 e. The number of benzene rings is 2. The fraction of sp³-hybridized carbons (Fsp3) is 0.333. The number of hydrogen-bond donors (Lipinski definition) is 2. The quantitative estimate of drug-likeness (QED) is 0.788. The van der Waals surface area contributed by atoms with Gasteiger partial charge in [0.1, 0.15) is 11.5 Å². The van der Waals surface area contributed by atoms with Crippen molar-refractivity contribution < 1.29 is 17.9 Å². The lowest BCUT2D eigenvalue weighted by atomic mass is 10.1. The van der Waals surface area contributed by atoms with Gasteiger partial charge in [-0.1, -0.05) is 18.2 Å². The second-order valence-electron chi connectivity index (χ2n) is 5.90. The summed E-state index contributed by atoms with van der Waals surface area (Å²) in [5.41, 5.74) is 13.2. The summed E-state index contributed by atoms with van der Waals surface area (Å²) in [6.07, 6.45) is 0. The molecule has 0 unspecified atom stereocenters. The number of ether oxygens (including phenoxy) is 2. The van der Waals surface area contributed by atoms with Crippen molar-refractivity contribution in [1.29, 1.82) is 0 Å². The van der Waals surface area contributed by atoms with E-state index in [-0.39, 0.29) is 4.90 Å². The van der Waals surface area contributed by atoms with Crippen LogP contribution in [0.15, 0.2) is 47.4 Å². The van der Waals surface area contributed by atoms with E-state index >= 15 is 0 Å². The molecule has 4 N–H and O–H groups in total. The Morgan fingerprint density at radius 2 is 1.54 bits per heavy atom. The molecule has 0 amide bonds. The third-order valence-corrected chi connectivity index (χ3v) is 6.18. The molecule has 8 heteroatoms. The minimum atomic E-state index is -3.52. The van der Waals surface area contributed by atoms with Gasteiger partial charge in [-0.15, -0.1) is 0 Å². The van der Waals surface area contributed by atoms with Crippen molar-refractivity contribution in [3.8, 4) is 11.5 Å². The summed E-state index contributed by atoms with van der Waals surface area (Å²) < 4.78 is 37.9. The Morgan fingerprint density at radius 1 is 0.962 bits per heavy atom. The molecule has 3 rings (SSSR count). The molecule has 0 saturated carbocycles. The van der Waals surface area contributed by atoms with Crippen LogP contribution < -0.4 is 16.2 Å². The van der Waals surface area contributed by atoms with Crippen molar-refractivity contribution in [3.63, 3.8) is 0 Å². The molecular formula is C18H23N3O4S. The van der Waals surface area contributed by atoms with E-state index in [1.165, 1.54) is 4.31 Å². The summed E-state index contributed by atoms with van der Waals surface area (Å²) >= 11 is 0. The van der Waals surface area contributed by atoms with Crippen molar-refractivity contribution in [2.24, 2.45) is 11.5 Å². The van der Waals surface area contributed by atoms with E-state index in [0.29, 0.717) is 50.9 Å². The first-order chi connectivity index (χ1) is 12.6. The lowest BCUT2D eigenvalue weighted by Gasteiger charge is -2.26. The summed E-state index contributed by atoms with van der Waals surface area (Å²) in [6.45, 7) is 2.21. The standard InChI is InChI=1S/C18H23N3O4S/c19-12-14-2-1-3-15(13-20)18(14)25-16-4-6-17(7-5-16)26(22,23)21-8-10-24-11-9-21/h1-7H,8-13,19-20H2. The lowest BCUT2D eigenvalue weighted by Crippen LogP contribution is -2.40. The summed E-state index contributed by atoms with van der Waals surface area (Å²) in [7, 11) is -3.52. The van der Waals surface area contributed by atoms with E-state index in [1.807, 2.05) is 18.2 Å². The Bertz CT molecular complexity index is 825. The van der Waals surface area contributed by atoms with E-state index in [1.54, 1.807) is 24.3 Å². The third kappa shape index (κ3) is 3.89. The van der Waals surface area contributed by atoms with Gasteiger partial charge in [0.05, 0.1) is 18.1 Å². The molecule has 1 heterocycles. The Labute approximate surface area is 153 Å². The van der Waals surface area contributed by atoms with Crippen molar-refractivity contribution in [2.75, 3.05) is 26.3 Å². The first-order valence-electron chi connectivity index (χ1n) is 8.43. The summed E-state index contributed by atoms with van der Waals surface area (Å²) in [5, 5.41) is 0. The highest BCUT2D eigenvalue weighted by Gasteiger charge is 2.26. The molecule has 0 spiro atoms. The zero-order chi connectivity index (χ0) is 18.6. The molecule has 0 radical (unpaired) electrons. The lowest BCUT2D eigenvalue weighted by molar-refractivity contribution is 0.0730. The SMILES string of the molecule is NCc1cccc(CN)c1Oc1ccc(S(=O)(=O)N2CCOCC2)cc1. The Hall–Kier alpha value is -1.97. The van der Waals surface area contributed by atoms with Crippen LogP contribution in [0.25, 0.3) is 0 Å². The Balaban J connectivity index is 1.83. The average Bonchev–Trinajstić information content (AvgIpc) is 2.69. The van der Waals surface area contributed by atoms with Crippen LogP contribution in [0.5, 0.6) is 11.5 Å². The highest BCUT2D eigenvalue weighted by molar-refractivity contribution is 7.89. The fourth-order valence-electron chi connectivity index (χ4n) is 2.82. The molecule has 2 aromatic rings. The van der Waals surface area contributed by atoms with Crippen molar-refractivity contribution in [3.05, 3.63) is 53.6 Å². The van der Waals surface area contributed by atoms with Crippen LogP contribution in [0, 0.1) is 0 Å². The zero-order valence-corrected chi connectivity index (χ0v) is 15.2. The van der Waals surface area contributed by atoms with Gasteiger partial charge in [0.2, 0.25) is 10.0 Å². The maximum Gasteiger partial charge on any atom is 0.243 e. The maximum atomic E-state index is 12.7. The number of morpholine rings is 1. The van der Waals surface area contributed by atoms with Gasteiger partial charge in [-0.2, -0.15) is 4.31 Å². The monoisotopic (exact) mass is 377 g/mol. The van der Waals surface area contributed by atoms with E-state index in [2.05, 4.69) is 0 Å². The molecule has 1 aliphatic rings. The van der Waals surface area contributed by atoms with Gasteiger partial charge in [0.15, 0.2) is 0 Å². The van der Waals surface area contributed by atoms with Gasteiger partial charge in [-0.25, -0.2) is 8.42 Å². The zero-order valence-electron chi connectivity index (χ0n) is 14.4. The molecule has 26 heavy (non-hydrogen) atoms. The number of rotatable bonds is 6. The van der Waals surface area contributed by atoms with Gasteiger partial charge in [0, 0.05) is 37.3 Å². The molecule has 1 fully saturated rings. The van der Waals surface area contributed by atoms with Gasteiger partial charge in [0.25, 0.3) is 0 Å². The number of hydrogen-bond acceptors (Lipinski definition) is 6. The van der Waals surface area contributed by atoms with Crippen LogP contribution in [0.4, 0.5) is 0 Å². The van der Waals surface area contributed by atoms with E-state index in [9.17, 15) is 8.42 Å². The third-order valence-electron chi connectivity index (χ3n) is 4.27. The van der Waals surface area contributed by atoms with Crippen LogP contribution in [-0.4, -0.2) is 39.0 Å². The number of sulfonamides is 1. The van der Waals surface area contributed by atoms with Crippen LogP contribution in [0.3, 0.4) is 0 Å². The summed E-state index contributed by atoms with van der Waals surface area (Å²) in [5.74, 6) is 1.16. The minimum absolute atomic E-state index is 0.234. The molecule has 1 aliphatic heterocycles. The van der Waals surface area contributed by atoms with Gasteiger partial charge in [-0.05, 0) is 24.3 Å². The first kappa shape index (κ1) is 18.8. The van der Waals surface area contributed by atoms with E-state index in [4.69, 9.17) is 20.9 Å². The van der Waals surface area contributed by atoms with Gasteiger partial charge in [-0.3, -0.25) is 0 Å². The summed E-state index contributed by atoms with van der Waals surface area (Å²) in [6, 6.07) is 12.0. The van der Waals surface area contributed by atoms with Crippen LogP contribution in [0.1, 0.15) is 11.1 Å². The first-order valence-corrected chi connectivity index (χ1v) is 9.87. The summed E-state index contributed by atoms with van der Waals surface area (Å²) in [4.78, 5) is 0.234. The topological polar surface area (TPSA) is 108 Å².